The van der Waals surface area contributed by atoms with Gasteiger partial charge in [0.05, 0.1) is 25.3 Å². The van der Waals surface area contributed by atoms with Crippen molar-refractivity contribution in [1.29, 1.82) is 10.5 Å². The smallest absolute Gasteiger partial charge is 0.343 e. The van der Waals surface area contributed by atoms with Crippen molar-refractivity contribution in [3.63, 3.8) is 0 Å². The average Bonchev–Trinajstić information content (AvgIpc) is 2.77. The lowest BCUT2D eigenvalue weighted by molar-refractivity contribution is 0.0601. The second-order valence-electron chi connectivity index (χ2n) is 3.55. The maximum Gasteiger partial charge on any atom is 0.343 e. The first-order valence-corrected chi connectivity index (χ1v) is 5.15. The third kappa shape index (κ3) is 1.81. The fraction of sp³-hybridized carbons (Fsp3) is 0.182. The van der Waals surface area contributed by atoms with E-state index in [1.54, 1.807) is 0 Å². The second kappa shape index (κ2) is 4.63. The van der Waals surface area contributed by atoms with E-state index in [-0.39, 0.29) is 34.7 Å². The molecule has 0 fully saturated rings. The van der Waals surface area contributed by atoms with Crippen LogP contribution < -0.4 is 5.73 Å². The minimum atomic E-state index is -0.650. The summed E-state index contributed by atoms with van der Waals surface area (Å²) in [5, 5.41) is 21.8. The number of nitriles is 2. The maximum absolute atomic E-state index is 11.5. The first kappa shape index (κ1) is 12.3. The minimum absolute atomic E-state index is 0.0116. The molecule has 2 heterocycles. The summed E-state index contributed by atoms with van der Waals surface area (Å²) in [7, 11) is 1.22. The summed E-state index contributed by atoms with van der Waals surface area (Å²) < 4.78 is 5.72. The van der Waals surface area contributed by atoms with E-state index >= 15 is 0 Å². The molecular weight excluding hydrogens is 248 g/mol. The van der Waals surface area contributed by atoms with Gasteiger partial charge in [-0.15, -0.1) is 0 Å². The highest BCUT2D eigenvalue weighted by atomic mass is 16.5. The lowest BCUT2D eigenvalue weighted by Gasteiger charge is -2.04. The van der Waals surface area contributed by atoms with Gasteiger partial charge in [0, 0.05) is 6.20 Å². The number of ether oxygens (including phenoxy) is 1. The number of hydrogen-bond acceptors (Lipinski definition) is 7. The molecule has 0 aliphatic rings. The van der Waals surface area contributed by atoms with Crippen molar-refractivity contribution in [2.24, 2.45) is 0 Å². The molecule has 0 amide bonds. The first-order valence-electron chi connectivity index (χ1n) is 5.15. The largest absolute Gasteiger partial charge is 0.465 e. The molecule has 94 valence electrons. The number of anilines is 1. The van der Waals surface area contributed by atoms with Crippen molar-refractivity contribution >= 4 is 17.4 Å². The molecule has 0 aromatic carbocycles. The third-order valence-electron chi connectivity index (χ3n) is 2.52. The zero-order valence-corrected chi connectivity index (χ0v) is 9.91. The normalized spacial score (nSPS) is 9.84. The van der Waals surface area contributed by atoms with E-state index in [1.165, 1.54) is 13.3 Å². The van der Waals surface area contributed by atoms with Crippen LogP contribution in [-0.4, -0.2) is 27.7 Å². The van der Waals surface area contributed by atoms with Gasteiger partial charge < -0.3 is 10.5 Å². The van der Waals surface area contributed by atoms with Gasteiger partial charge in [0.15, 0.2) is 5.65 Å². The summed E-state index contributed by atoms with van der Waals surface area (Å²) in [4.78, 5) is 15.4. The van der Waals surface area contributed by atoms with Crippen LogP contribution in [-0.2, 0) is 11.2 Å². The molecule has 2 rings (SSSR count). The van der Waals surface area contributed by atoms with Crippen molar-refractivity contribution in [2.75, 3.05) is 12.8 Å². The first-order chi connectivity index (χ1) is 9.13. The molecule has 0 bridgehead atoms. The van der Waals surface area contributed by atoms with Gasteiger partial charge in [-0.25, -0.2) is 9.78 Å². The maximum atomic E-state index is 11.5. The fourth-order valence-corrected chi connectivity index (χ4v) is 1.63. The van der Waals surface area contributed by atoms with Crippen molar-refractivity contribution in [2.45, 2.75) is 6.42 Å². The molecular formula is C11H8N6O2. The van der Waals surface area contributed by atoms with E-state index in [4.69, 9.17) is 16.3 Å². The number of carbonyl (C=O) groups is 1. The molecule has 0 aliphatic carbocycles. The lowest BCUT2D eigenvalue weighted by atomic mass is 10.2. The van der Waals surface area contributed by atoms with Gasteiger partial charge in [-0.3, -0.25) is 0 Å². The van der Waals surface area contributed by atoms with E-state index in [0.717, 1.165) is 4.52 Å². The third-order valence-corrected chi connectivity index (χ3v) is 2.52. The summed E-state index contributed by atoms with van der Waals surface area (Å²) in [6, 6.07) is 3.83. The van der Waals surface area contributed by atoms with Crippen LogP contribution in [0.3, 0.4) is 0 Å². The van der Waals surface area contributed by atoms with Gasteiger partial charge in [-0.2, -0.15) is 20.1 Å². The molecule has 8 nitrogen and oxygen atoms in total. The molecule has 0 aliphatic heterocycles. The van der Waals surface area contributed by atoms with Crippen LogP contribution in [0.2, 0.25) is 0 Å². The van der Waals surface area contributed by atoms with E-state index < -0.39 is 5.97 Å². The molecule has 0 saturated heterocycles. The van der Waals surface area contributed by atoms with E-state index in [0.29, 0.717) is 0 Å². The number of esters is 1. The number of aromatic nitrogens is 3. The molecule has 0 radical (unpaired) electrons. The summed E-state index contributed by atoms with van der Waals surface area (Å²) in [5.74, 6) is -0.639. The number of carbonyl (C=O) groups excluding carboxylic acids is 1. The van der Waals surface area contributed by atoms with E-state index in [1.807, 2.05) is 12.1 Å². The number of rotatable bonds is 2. The Kier molecular flexibility index (Phi) is 3.00. The number of methoxy groups -OCH3 is 1. The molecule has 0 spiro atoms. The predicted molar refractivity (Wildman–Crippen MR) is 62.8 cm³/mol. The van der Waals surface area contributed by atoms with Gasteiger partial charge >= 0.3 is 5.97 Å². The van der Waals surface area contributed by atoms with Gasteiger partial charge in [0.1, 0.15) is 23.0 Å². The van der Waals surface area contributed by atoms with E-state index in [2.05, 4.69) is 14.8 Å². The van der Waals surface area contributed by atoms with Gasteiger partial charge in [-0.1, -0.05) is 0 Å². The van der Waals surface area contributed by atoms with Crippen LogP contribution in [0.25, 0.3) is 5.65 Å². The summed E-state index contributed by atoms with van der Waals surface area (Å²) in [6.45, 7) is 0. The molecule has 8 heteroatoms. The number of nitrogens with two attached hydrogens (primary N) is 1. The van der Waals surface area contributed by atoms with Crippen molar-refractivity contribution in [3.8, 4) is 12.1 Å². The monoisotopic (exact) mass is 256 g/mol. The highest BCUT2D eigenvalue weighted by Gasteiger charge is 2.19. The standard InChI is InChI=1S/C11H8N6O2/c1-19-11(18)7-5-15-10-6(4-13)8(2-3-12)16-17(10)9(7)14/h5H,2,14H2,1H3. The number of nitrogens with zero attached hydrogens (tertiary/aromatic N) is 5. The molecule has 19 heavy (non-hydrogen) atoms. The zero-order valence-electron chi connectivity index (χ0n) is 9.91. The Morgan fingerprint density at radius 2 is 2.32 bits per heavy atom. The quantitative estimate of drug-likeness (QED) is 0.750. The van der Waals surface area contributed by atoms with E-state index in [9.17, 15) is 4.79 Å². The van der Waals surface area contributed by atoms with Gasteiger partial charge in [0.25, 0.3) is 0 Å². The number of nitrogen functional groups attached to an aromatic ring is 1. The number of hydrogen-bond donors (Lipinski definition) is 1. The Morgan fingerprint density at radius 3 is 2.89 bits per heavy atom. The second-order valence-corrected chi connectivity index (χ2v) is 3.55. The minimum Gasteiger partial charge on any atom is -0.465 e. The molecule has 0 unspecified atom stereocenters. The van der Waals surface area contributed by atoms with Crippen LogP contribution in [0.1, 0.15) is 21.6 Å². The van der Waals surface area contributed by atoms with Crippen molar-refractivity contribution in [3.05, 3.63) is 23.0 Å². The van der Waals surface area contributed by atoms with Gasteiger partial charge in [-0.05, 0) is 0 Å². The Balaban J connectivity index is 2.75. The molecule has 2 aromatic rings. The van der Waals surface area contributed by atoms with Crippen LogP contribution in [0.5, 0.6) is 0 Å². The molecule has 2 aromatic heterocycles. The summed E-state index contributed by atoms with van der Waals surface area (Å²) in [5.41, 5.74) is 6.49. The average molecular weight is 256 g/mol. The van der Waals surface area contributed by atoms with Crippen LogP contribution >= 0.6 is 0 Å². The zero-order chi connectivity index (χ0) is 14.0. The molecule has 0 saturated carbocycles. The Labute approximate surface area is 107 Å². The highest BCUT2D eigenvalue weighted by Crippen LogP contribution is 2.19. The van der Waals surface area contributed by atoms with Gasteiger partial charge in [0.2, 0.25) is 0 Å². The SMILES string of the molecule is COC(=O)c1cnc2c(C#N)c(CC#N)nn2c1N. The Bertz CT molecular complexity index is 749. The molecule has 2 N–H and O–H groups in total. The van der Waals surface area contributed by atoms with Crippen LogP contribution in [0.15, 0.2) is 6.20 Å². The van der Waals surface area contributed by atoms with Crippen molar-refractivity contribution < 1.29 is 9.53 Å². The summed E-state index contributed by atoms with van der Waals surface area (Å²) >= 11 is 0. The summed E-state index contributed by atoms with van der Waals surface area (Å²) in [6.07, 6.45) is 1.18. The molecule has 0 atom stereocenters. The van der Waals surface area contributed by atoms with Crippen LogP contribution in [0, 0.1) is 22.7 Å². The predicted octanol–water partition coefficient (Wildman–Crippen LogP) is 0.0359. The Morgan fingerprint density at radius 1 is 1.58 bits per heavy atom. The topological polar surface area (TPSA) is 130 Å². The van der Waals surface area contributed by atoms with Crippen molar-refractivity contribution in [1.82, 2.24) is 14.6 Å². The number of fused-ring (bicyclic) bond motifs is 1. The lowest BCUT2D eigenvalue weighted by Crippen LogP contribution is -2.11. The Hall–Kier alpha value is -3.13. The highest BCUT2D eigenvalue weighted by molar-refractivity contribution is 5.94. The van der Waals surface area contributed by atoms with Crippen LogP contribution in [0.4, 0.5) is 5.82 Å². The fourth-order valence-electron chi connectivity index (χ4n) is 1.63.